The molecule has 2 aliphatic heterocycles. The number of rotatable bonds is 2. The van der Waals surface area contributed by atoms with Crippen LogP contribution in [0.15, 0.2) is 0 Å². The molecule has 3 nitrogen and oxygen atoms in total. The maximum Gasteiger partial charge on any atom is 0.0706 e. The van der Waals surface area contributed by atoms with E-state index in [1.54, 1.807) is 0 Å². The van der Waals surface area contributed by atoms with Gasteiger partial charge in [-0.15, -0.1) is 0 Å². The van der Waals surface area contributed by atoms with Crippen molar-refractivity contribution in [1.82, 2.24) is 4.90 Å². The molecular formula is C10H20N2O. The average molecular weight is 184 g/mol. The zero-order valence-corrected chi connectivity index (χ0v) is 8.41. The van der Waals surface area contributed by atoms with Crippen LogP contribution in [0.4, 0.5) is 0 Å². The molecule has 0 bridgehead atoms. The highest BCUT2D eigenvalue weighted by Crippen LogP contribution is 2.21. The summed E-state index contributed by atoms with van der Waals surface area (Å²) in [5.74, 6) is 0. The molecule has 2 heterocycles. The van der Waals surface area contributed by atoms with E-state index in [-0.39, 0.29) is 0 Å². The van der Waals surface area contributed by atoms with Crippen LogP contribution in [0.5, 0.6) is 0 Å². The summed E-state index contributed by atoms with van der Waals surface area (Å²) in [6, 6.07) is 0.402. The average Bonchev–Trinajstić information content (AvgIpc) is 2.62. The minimum absolute atomic E-state index is 0.402. The van der Waals surface area contributed by atoms with Crippen molar-refractivity contribution in [3.05, 3.63) is 0 Å². The van der Waals surface area contributed by atoms with Crippen molar-refractivity contribution in [2.75, 3.05) is 19.6 Å². The van der Waals surface area contributed by atoms with Gasteiger partial charge in [0.1, 0.15) is 0 Å². The predicted molar refractivity (Wildman–Crippen MR) is 52.6 cm³/mol. The van der Waals surface area contributed by atoms with E-state index in [4.69, 9.17) is 10.5 Å². The van der Waals surface area contributed by atoms with Crippen molar-refractivity contribution in [3.63, 3.8) is 0 Å². The lowest BCUT2D eigenvalue weighted by Gasteiger charge is -2.19. The molecule has 0 aromatic carbocycles. The first-order valence-corrected chi connectivity index (χ1v) is 5.37. The summed E-state index contributed by atoms with van der Waals surface area (Å²) in [4.78, 5) is 2.44. The molecule has 0 spiro atoms. The van der Waals surface area contributed by atoms with Crippen molar-refractivity contribution < 1.29 is 4.74 Å². The van der Waals surface area contributed by atoms with Crippen LogP contribution >= 0.6 is 0 Å². The lowest BCUT2D eigenvalue weighted by Crippen LogP contribution is -2.33. The van der Waals surface area contributed by atoms with Crippen LogP contribution in [-0.2, 0) is 4.74 Å². The smallest absolute Gasteiger partial charge is 0.0706 e. The Hall–Kier alpha value is -0.120. The second-order valence-corrected chi connectivity index (χ2v) is 4.45. The second kappa shape index (κ2) is 3.95. The lowest BCUT2D eigenvalue weighted by atomic mass is 10.2. The third-order valence-electron chi connectivity index (χ3n) is 3.09. The third-order valence-corrected chi connectivity index (χ3v) is 3.09. The molecule has 13 heavy (non-hydrogen) atoms. The molecule has 2 fully saturated rings. The Morgan fingerprint density at radius 1 is 1.38 bits per heavy atom. The van der Waals surface area contributed by atoms with Gasteiger partial charge >= 0.3 is 0 Å². The standard InChI is InChI=1S/C10H20N2O/c1-8-2-3-10(13-8)7-12-5-4-9(11)6-12/h8-10H,2-7,11H2,1H3/t8?,9-,10?/m0/s1. The Kier molecular flexibility index (Phi) is 2.86. The minimum atomic E-state index is 0.402. The summed E-state index contributed by atoms with van der Waals surface area (Å²) in [6.45, 7) is 5.48. The van der Waals surface area contributed by atoms with E-state index in [0.29, 0.717) is 18.2 Å². The van der Waals surface area contributed by atoms with Crippen LogP contribution in [0.1, 0.15) is 26.2 Å². The fourth-order valence-electron chi connectivity index (χ4n) is 2.34. The molecule has 76 valence electrons. The van der Waals surface area contributed by atoms with Gasteiger partial charge in [0.25, 0.3) is 0 Å². The van der Waals surface area contributed by atoms with E-state index < -0.39 is 0 Å². The van der Waals surface area contributed by atoms with Crippen LogP contribution in [0.25, 0.3) is 0 Å². The Morgan fingerprint density at radius 3 is 2.77 bits per heavy atom. The number of nitrogens with two attached hydrogens (primary N) is 1. The molecule has 0 amide bonds. The maximum atomic E-state index is 5.84. The van der Waals surface area contributed by atoms with Crippen molar-refractivity contribution >= 4 is 0 Å². The van der Waals surface area contributed by atoms with Gasteiger partial charge in [-0.3, -0.25) is 4.90 Å². The summed E-state index contributed by atoms with van der Waals surface area (Å²) in [5.41, 5.74) is 5.84. The molecule has 2 saturated heterocycles. The number of hydrogen-bond acceptors (Lipinski definition) is 3. The molecule has 2 rings (SSSR count). The van der Waals surface area contributed by atoms with Gasteiger partial charge in [-0.1, -0.05) is 0 Å². The van der Waals surface area contributed by atoms with Crippen LogP contribution in [-0.4, -0.2) is 42.8 Å². The first-order valence-electron chi connectivity index (χ1n) is 5.37. The molecule has 2 aliphatic rings. The van der Waals surface area contributed by atoms with E-state index in [2.05, 4.69) is 11.8 Å². The molecule has 2 unspecified atom stereocenters. The van der Waals surface area contributed by atoms with Gasteiger partial charge < -0.3 is 10.5 Å². The van der Waals surface area contributed by atoms with E-state index in [9.17, 15) is 0 Å². The number of ether oxygens (including phenoxy) is 1. The van der Waals surface area contributed by atoms with Gasteiger partial charge in [-0.2, -0.15) is 0 Å². The number of hydrogen-bond donors (Lipinski definition) is 1. The van der Waals surface area contributed by atoms with E-state index in [1.807, 2.05) is 0 Å². The monoisotopic (exact) mass is 184 g/mol. The van der Waals surface area contributed by atoms with Crippen molar-refractivity contribution in [3.8, 4) is 0 Å². The Bertz CT molecular complexity index is 156. The maximum absolute atomic E-state index is 5.84. The summed E-state index contributed by atoms with van der Waals surface area (Å²) in [7, 11) is 0. The summed E-state index contributed by atoms with van der Waals surface area (Å²) in [6.07, 6.45) is 4.56. The van der Waals surface area contributed by atoms with Gasteiger partial charge in [0.05, 0.1) is 12.2 Å². The fourth-order valence-corrected chi connectivity index (χ4v) is 2.34. The van der Waals surface area contributed by atoms with E-state index >= 15 is 0 Å². The Labute approximate surface area is 80.2 Å². The van der Waals surface area contributed by atoms with Crippen molar-refractivity contribution in [1.29, 1.82) is 0 Å². The van der Waals surface area contributed by atoms with Crippen molar-refractivity contribution in [2.24, 2.45) is 5.73 Å². The largest absolute Gasteiger partial charge is 0.374 e. The first kappa shape index (κ1) is 9.44. The summed E-state index contributed by atoms with van der Waals surface area (Å²) >= 11 is 0. The second-order valence-electron chi connectivity index (χ2n) is 4.45. The topological polar surface area (TPSA) is 38.5 Å². The van der Waals surface area contributed by atoms with Gasteiger partial charge in [0, 0.05) is 19.1 Å². The van der Waals surface area contributed by atoms with Crippen LogP contribution in [0.2, 0.25) is 0 Å². The molecule has 0 radical (unpaired) electrons. The molecule has 0 aliphatic carbocycles. The Morgan fingerprint density at radius 2 is 2.23 bits per heavy atom. The molecular weight excluding hydrogens is 164 g/mol. The predicted octanol–water partition coefficient (Wildman–Crippen LogP) is 0.587. The molecule has 3 heteroatoms. The molecule has 0 aromatic heterocycles. The van der Waals surface area contributed by atoms with E-state index in [1.165, 1.54) is 12.8 Å². The van der Waals surface area contributed by atoms with E-state index in [0.717, 1.165) is 26.1 Å². The fraction of sp³-hybridized carbons (Fsp3) is 1.00. The zero-order chi connectivity index (χ0) is 9.26. The van der Waals surface area contributed by atoms with Gasteiger partial charge in [-0.05, 0) is 32.7 Å². The number of likely N-dealkylation sites (tertiary alicyclic amines) is 1. The highest BCUT2D eigenvalue weighted by Gasteiger charge is 2.26. The summed E-state index contributed by atoms with van der Waals surface area (Å²) in [5, 5.41) is 0. The van der Waals surface area contributed by atoms with Gasteiger partial charge in [-0.25, -0.2) is 0 Å². The van der Waals surface area contributed by atoms with Crippen LogP contribution < -0.4 is 5.73 Å². The molecule has 0 aromatic rings. The van der Waals surface area contributed by atoms with Crippen LogP contribution in [0.3, 0.4) is 0 Å². The van der Waals surface area contributed by atoms with Gasteiger partial charge in [0.15, 0.2) is 0 Å². The minimum Gasteiger partial charge on any atom is -0.374 e. The lowest BCUT2D eigenvalue weighted by molar-refractivity contribution is 0.0359. The highest BCUT2D eigenvalue weighted by molar-refractivity contribution is 4.81. The normalized spacial score (nSPS) is 41.5. The zero-order valence-electron chi connectivity index (χ0n) is 8.41. The molecule has 0 saturated carbocycles. The third kappa shape index (κ3) is 2.42. The Balaban J connectivity index is 1.72. The first-order chi connectivity index (χ1) is 6.24. The molecule has 2 N–H and O–H groups in total. The quantitative estimate of drug-likeness (QED) is 0.682. The number of nitrogens with zero attached hydrogens (tertiary/aromatic N) is 1. The molecule has 3 atom stereocenters. The highest BCUT2D eigenvalue weighted by atomic mass is 16.5. The van der Waals surface area contributed by atoms with Crippen LogP contribution in [0, 0.1) is 0 Å². The van der Waals surface area contributed by atoms with Crippen molar-refractivity contribution in [2.45, 2.75) is 44.4 Å². The SMILES string of the molecule is CC1CCC(CN2CC[C@H](N)C2)O1. The summed E-state index contributed by atoms with van der Waals surface area (Å²) < 4.78 is 5.78. The van der Waals surface area contributed by atoms with Gasteiger partial charge in [0.2, 0.25) is 0 Å².